The quantitative estimate of drug-likeness (QED) is 0.620. The molecule has 6 nitrogen and oxygen atoms in total. The number of benzene rings is 1. The van der Waals surface area contributed by atoms with Crippen LogP contribution in [0.4, 0.5) is 4.39 Å². The summed E-state index contributed by atoms with van der Waals surface area (Å²) in [6, 6.07) is 3.83. The van der Waals surface area contributed by atoms with Crippen LogP contribution in [-0.4, -0.2) is 41.3 Å². The molecule has 0 fully saturated rings. The third kappa shape index (κ3) is 1.93. The van der Waals surface area contributed by atoms with Gasteiger partial charge < -0.3 is 4.74 Å². The summed E-state index contributed by atoms with van der Waals surface area (Å²) in [5.41, 5.74) is 0.960. The van der Waals surface area contributed by atoms with Gasteiger partial charge in [-0.2, -0.15) is 0 Å². The van der Waals surface area contributed by atoms with Gasteiger partial charge in [-0.05, 0) is 25.1 Å². The summed E-state index contributed by atoms with van der Waals surface area (Å²) >= 11 is 0. The first-order chi connectivity index (χ1) is 10.4. The molecule has 0 unspecified atom stereocenters. The minimum absolute atomic E-state index is 0.0795. The first-order valence-corrected chi connectivity index (χ1v) is 6.47. The second kappa shape index (κ2) is 4.87. The fourth-order valence-corrected chi connectivity index (χ4v) is 2.54. The second-order valence-corrected chi connectivity index (χ2v) is 4.88. The summed E-state index contributed by atoms with van der Waals surface area (Å²) in [4.78, 5) is 41.2. The van der Waals surface area contributed by atoms with Crippen molar-refractivity contribution in [2.75, 3.05) is 13.7 Å². The Labute approximate surface area is 124 Å². The van der Waals surface area contributed by atoms with Gasteiger partial charge in [-0.25, -0.2) is 4.39 Å². The van der Waals surface area contributed by atoms with Crippen molar-refractivity contribution in [3.8, 4) is 0 Å². The van der Waals surface area contributed by atoms with Crippen molar-refractivity contribution in [1.82, 2.24) is 9.88 Å². The van der Waals surface area contributed by atoms with E-state index < -0.39 is 30.1 Å². The summed E-state index contributed by atoms with van der Waals surface area (Å²) in [7, 11) is 1.16. The van der Waals surface area contributed by atoms with E-state index in [9.17, 15) is 18.8 Å². The normalized spacial score (nSPS) is 13.7. The van der Waals surface area contributed by atoms with Crippen LogP contribution in [0.3, 0.4) is 0 Å². The number of aryl methyl sites for hydroxylation is 1. The number of hydrogen-bond acceptors (Lipinski definition) is 5. The van der Waals surface area contributed by atoms with Crippen molar-refractivity contribution < 1.29 is 23.5 Å². The van der Waals surface area contributed by atoms with Gasteiger partial charge in [0.1, 0.15) is 12.4 Å². The van der Waals surface area contributed by atoms with E-state index in [-0.39, 0.29) is 16.5 Å². The standard InChI is InChI=1S/C15H11FN2O4/c1-7-12-13(9-5-8(16)3-4-10(9)17-7)15(21)18(14(12)20)6-11(19)22-2/h3-5H,6H2,1-2H3. The number of nitrogens with zero attached hydrogens (tertiary/aromatic N) is 2. The Morgan fingerprint density at radius 1 is 1.27 bits per heavy atom. The van der Waals surface area contributed by atoms with Crippen LogP contribution < -0.4 is 0 Å². The molecule has 22 heavy (non-hydrogen) atoms. The molecule has 1 aliphatic heterocycles. The van der Waals surface area contributed by atoms with Crippen molar-refractivity contribution in [2.24, 2.45) is 0 Å². The van der Waals surface area contributed by atoms with Crippen molar-refractivity contribution in [3.63, 3.8) is 0 Å². The van der Waals surface area contributed by atoms with E-state index >= 15 is 0 Å². The number of halogens is 1. The molecular weight excluding hydrogens is 291 g/mol. The summed E-state index contributed by atoms with van der Waals surface area (Å²) in [6.07, 6.45) is 0. The average molecular weight is 302 g/mol. The second-order valence-electron chi connectivity index (χ2n) is 4.88. The van der Waals surface area contributed by atoms with Crippen molar-refractivity contribution in [3.05, 3.63) is 40.8 Å². The third-order valence-corrected chi connectivity index (χ3v) is 3.56. The minimum atomic E-state index is -0.712. The van der Waals surface area contributed by atoms with Crippen LogP contribution in [0.1, 0.15) is 26.4 Å². The van der Waals surface area contributed by atoms with Crippen LogP contribution >= 0.6 is 0 Å². The molecule has 0 spiro atoms. The lowest BCUT2D eigenvalue weighted by Crippen LogP contribution is -2.35. The van der Waals surface area contributed by atoms with E-state index in [0.717, 1.165) is 18.1 Å². The van der Waals surface area contributed by atoms with Gasteiger partial charge >= 0.3 is 5.97 Å². The van der Waals surface area contributed by atoms with E-state index in [4.69, 9.17) is 0 Å². The molecule has 2 heterocycles. The molecule has 0 N–H and O–H groups in total. The Hall–Kier alpha value is -2.83. The molecule has 0 bridgehead atoms. The van der Waals surface area contributed by atoms with Gasteiger partial charge in [0.05, 0.1) is 29.4 Å². The zero-order chi connectivity index (χ0) is 16.0. The molecule has 2 aromatic rings. The molecule has 1 aliphatic rings. The van der Waals surface area contributed by atoms with Crippen LogP contribution in [0.25, 0.3) is 10.9 Å². The lowest BCUT2D eigenvalue weighted by atomic mass is 10.0. The summed E-state index contributed by atoms with van der Waals surface area (Å²) in [5.74, 6) is -2.52. The molecule has 0 saturated heterocycles. The predicted molar refractivity (Wildman–Crippen MR) is 73.8 cm³/mol. The van der Waals surface area contributed by atoms with Gasteiger partial charge in [-0.3, -0.25) is 24.3 Å². The van der Waals surface area contributed by atoms with Gasteiger partial charge in [-0.15, -0.1) is 0 Å². The Kier molecular flexibility index (Phi) is 3.13. The first-order valence-electron chi connectivity index (χ1n) is 6.47. The zero-order valence-electron chi connectivity index (χ0n) is 11.8. The number of carbonyl (C=O) groups is 3. The molecule has 2 amide bonds. The monoisotopic (exact) mass is 302 g/mol. The van der Waals surface area contributed by atoms with Crippen LogP contribution in [-0.2, 0) is 9.53 Å². The largest absolute Gasteiger partial charge is 0.468 e. The summed E-state index contributed by atoms with van der Waals surface area (Å²) < 4.78 is 18.0. The number of carbonyl (C=O) groups excluding carboxylic acids is 3. The molecule has 112 valence electrons. The molecule has 7 heteroatoms. The van der Waals surface area contributed by atoms with Crippen molar-refractivity contribution >= 4 is 28.7 Å². The van der Waals surface area contributed by atoms with Gasteiger partial charge in [0.15, 0.2) is 0 Å². The van der Waals surface area contributed by atoms with E-state index in [2.05, 4.69) is 9.72 Å². The number of ether oxygens (including phenoxy) is 1. The Balaban J connectivity index is 2.23. The number of imide groups is 1. The molecule has 1 aromatic carbocycles. The van der Waals surface area contributed by atoms with E-state index in [1.165, 1.54) is 12.1 Å². The lowest BCUT2D eigenvalue weighted by Gasteiger charge is -2.11. The molecule has 1 aromatic heterocycles. The van der Waals surface area contributed by atoms with Gasteiger partial charge in [-0.1, -0.05) is 0 Å². The number of hydrogen-bond donors (Lipinski definition) is 0. The highest BCUT2D eigenvalue weighted by Gasteiger charge is 2.40. The lowest BCUT2D eigenvalue weighted by molar-refractivity contribution is -0.140. The third-order valence-electron chi connectivity index (χ3n) is 3.56. The maximum Gasteiger partial charge on any atom is 0.325 e. The van der Waals surface area contributed by atoms with Crippen LogP contribution in [0.5, 0.6) is 0 Å². The topological polar surface area (TPSA) is 76.6 Å². The molecule has 0 radical (unpaired) electrons. The van der Waals surface area contributed by atoms with Crippen LogP contribution in [0.2, 0.25) is 0 Å². The van der Waals surface area contributed by atoms with E-state index in [1.807, 2.05) is 0 Å². The number of fused-ring (bicyclic) bond motifs is 3. The van der Waals surface area contributed by atoms with Crippen LogP contribution in [0, 0.1) is 12.7 Å². The van der Waals surface area contributed by atoms with Gasteiger partial charge in [0.25, 0.3) is 11.8 Å². The fraction of sp³-hybridized carbons (Fsp3) is 0.200. The minimum Gasteiger partial charge on any atom is -0.468 e. The highest BCUT2D eigenvalue weighted by Crippen LogP contribution is 2.31. The molecule has 0 saturated carbocycles. The van der Waals surface area contributed by atoms with E-state index in [0.29, 0.717) is 11.2 Å². The smallest absolute Gasteiger partial charge is 0.325 e. The van der Waals surface area contributed by atoms with E-state index in [1.54, 1.807) is 6.92 Å². The Bertz CT molecular complexity index is 847. The van der Waals surface area contributed by atoms with Crippen LogP contribution in [0.15, 0.2) is 18.2 Å². The van der Waals surface area contributed by atoms with Crippen molar-refractivity contribution in [1.29, 1.82) is 0 Å². The number of pyridine rings is 1. The number of rotatable bonds is 2. The molecular formula is C15H11FN2O4. The highest BCUT2D eigenvalue weighted by molar-refractivity contribution is 6.27. The maximum absolute atomic E-state index is 13.5. The molecule has 3 rings (SSSR count). The number of esters is 1. The van der Waals surface area contributed by atoms with Gasteiger partial charge in [0, 0.05) is 5.39 Å². The molecule has 0 aliphatic carbocycles. The zero-order valence-corrected chi connectivity index (χ0v) is 11.8. The Morgan fingerprint density at radius 2 is 1.95 bits per heavy atom. The maximum atomic E-state index is 13.5. The Morgan fingerprint density at radius 3 is 2.64 bits per heavy atom. The number of amides is 2. The molecule has 0 atom stereocenters. The predicted octanol–water partition coefficient (Wildman–Crippen LogP) is 1.45. The van der Waals surface area contributed by atoms with Gasteiger partial charge in [0.2, 0.25) is 0 Å². The number of methoxy groups -OCH3 is 1. The highest BCUT2D eigenvalue weighted by atomic mass is 19.1. The summed E-state index contributed by atoms with van der Waals surface area (Å²) in [5, 5.41) is 0.256. The number of aromatic nitrogens is 1. The average Bonchev–Trinajstić information content (AvgIpc) is 2.73. The SMILES string of the molecule is COC(=O)CN1C(=O)c2c(C)nc3ccc(F)cc3c2C1=O. The van der Waals surface area contributed by atoms with Crippen molar-refractivity contribution in [2.45, 2.75) is 6.92 Å². The first kappa shape index (κ1) is 14.1. The fourth-order valence-electron chi connectivity index (χ4n) is 2.54. The summed E-state index contributed by atoms with van der Waals surface area (Å²) in [6.45, 7) is 1.10.